The second-order valence-electron chi connectivity index (χ2n) is 8.13. The van der Waals surface area contributed by atoms with Crippen molar-refractivity contribution in [3.8, 4) is 0 Å². The van der Waals surface area contributed by atoms with E-state index in [9.17, 15) is 4.79 Å². The van der Waals surface area contributed by atoms with E-state index < -0.39 is 0 Å². The Balaban J connectivity index is 1.38. The Morgan fingerprint density at radius 3 is 2.90 bits per heavy atom. The van der Waals surface area contributed by atoms with Crippen LogP contribution >= 0.6 is 11.3 Å². The lowest BCUT2D eigenvalue weighted by molar-refractivity contribution is 0.0725. The molecule has 0 aromatic carbocycles. The second-order valence-corrected chi connectivity index (χ2v) is 9.33. The highest BCUT2D eigenvalue weighted by molar-refractivity contribution is 7.15. The van der Waals surface area contributed by atoms with E-state index in [2.05, 4.69) is 27.4 Å². The predicted octanol–water partition coefficient (Wildman–Crippen LogP) is 4.48. The smallest absolute Gasteiger partial charge is 0.275 e. The first-order valence-electron chi connectivity index (χ1n) is 10.7. The van der Waals surface area contributed by atoms with E-state index >= 15 is 0 Å². The normalized spacial score (nSPS) is 18.5. The zero-order valence-electron chi connectivity index (χ0n) is 17.4. The molecule has 1 aliphatic carbocycles. The zero-order valence-corrected chi connectivity index (χ0v) is 18.2. The van der Waals surface area contributed by atoms with Gasteiger partial charge in [0.2, 0.25) is 0 Å². The van der Waals surface area contributed by atoms with Crippen LogP contribution in [0, 0.1) is 13.8 Å². The molecule has 156 valence electrons. The van der Waals surface area contributed by atoms with Crippen molar-refractivity contribution in [2.45, 2.75) is 58.4 Å². The molecule has 1 aliphatic heterocycles. The number of anilines is 2. The summed E-state index contributed by atoms with van der Waals surface area (Å²) in [5, 5.41) is 11.7. The molecule has 2 aliphatic rings. The average Bonchev–Trinajstić information content (AvgIpc) is 3.47. The number of nitrogens with one attached hydrogen (secondary N) is 2. The topological polar surface area (TPSA) is 86.8 Å². The molecule has 0 radical (unpaired) electrons. The summed E-state index contributed by atoms with van der Waals surface area (Å²) in [5.41, 5.74) is 4.82. The van der Waals surface area contributed by atoms with E-state index in [4.69, 9.17) is 4.98 Å². The number of nitrogens with zero attached hydrogens (tertiary/aromatic N) is 4. The van der Waals surface area contributed by atoms with Crippen LogP contribution < -0.4 is 5.32 Å². The van der Waals surface area contributed by atoms with Gasteiger partial charge in [0.15, 0.2) is 10.8 Å². The number of carbonyl (C=O) groups excluding carboxylic acids is 1. The van der Waals surface area contributed by atoms with Gasteiger partial charge in [0, 0.05) is 22.7 Å². The van der Waals surface area contributed by atoms with Crippen LogP contribution in [0.1, 0.15) is 69.7 Å². The van der Waals surface area contributed by atoms with Crippen LogP contribution in [0.2, 0.25) is 0 Å². The van der Waals surface area contributed by atoms with Gasteiger partial charge in [0.05, 0.1) is 17.4 Å². The number of hydrogen-bond acceptors (Lipinski definition) is 6. The van der Waals surface area contributed by atoms with Crippen molar-refractivity contribution < 1.29 is 4.79 Å². The molecule has 30 heavy (non-hydrogen) atoms. The predicted molar refractivity (Wildman–Crippen MR) is 117 cm³/mol. The summed E-state index contributed by atoms with van der Waals surface area (Å²) in [6.07, 6.45) is 6.12. The van der Waals surface area contributed by atoms with E-state index in [1.54, 1.807) is 11.3 Å². The van der Waals surface area contributed by atoms with Gasteiger partial charge >= 0.3 is 0 Å². The number of H-pyrrole nitrogens is 1. The van der Waals surface area contributed by atoms with Crippen LogP contribution in [0.3, 0.4) is 0 Å². The fraction of sp³-hybridized carbons (Fsp3) is 0.455. The Morgan fingerprint density at radius 1 is 1.20 bits per heavy atom. The lowest BCUT2D eigenvalue weighted by atomic mass is 9.95. The lowest BCUT2D eigenvalue weighted by Crippen LogP contribution is -2.32. The first-order valence-corrected chi connectivity index (χ1v) is 11.5. The highest BCUT2D eigenvalue weighted by atomic mass is 32.1. The monoisotopic (exact) mass is 422 g/mol. The van der Waals surface area contributed by atoms with E-state index in [1.807, 2.05) is 30.0 Å². The minimum absolute atomic E-state index is 0.0186. The van der Waals surface area contributed by atoms with Gasteiger partial charge in [0.1, 0.15) is 5.82 Å². The maximum absolute atomic E-state index is 13.4. The Hall–Kier alpha value is -2.74. The standard InChI is InChI=1S/C22H26N6OS/c1-13-14(2)30-22(23-13)25-19-11-5-9-17(24-19)18-10-6-12-28(18)21(29)20-15-7-3-4-8-16(15)26-27-20/h5,9,11,18H,3-4,6-8,10,12H2,1-2H3,(H,26,27)(H,23,24,25). The van der Waals surface area contributed by atoms with Gasteiger partial charge < -0.3 is 10.2 Å². The van der Waals surface area contributed by atoms with E-state index in [-0.39, 0.29) is 11.9 Å². The molecule has 3 aromatic heterocycles. The second kappa shape index (κ2) is 7.83. The number of thiazole rings is 1. The minimum atomic E-state index is -0.0186. The highest BCUT2D eigenvalue weighted by Crippen LogP contribution is 2.34. The minimum Gasteiger partial charge on any atom is -0.329 e. The van der Waals surface area contributed by atoms with Crippen molar-refractivity contribution in [2.24, 2.45) is 0 Å². The molecule has 0 saturated carbocycles. The zero-order chi connectivity index (χ0) is 20.7. The summed E-state index contributed by atoms with van der Waals surface area (Å²) in [6.45, 7) is 4.82. The highest BCUT2D eigenvalue weighted by Gasteiger charge is 2.34. The maximum Gasteiger partial charge on any atom is 0.275 e. The van der Waals surface area contributed by atoms with E-state index in [1.165, 1.54) is 4.88 Å². The Labute approximate surface area is 179 Å². The number of fused-ring (bicyclic) bond motifs is 1. The molecule has 1 saturated heterocycles. The maximum atomic E-state index is 13.4. The molecule has 2 N–H and O–H groups in total. The van der Waals surface area contributed by atoms with Gasteiger partial charge in [-0.3, -0.25) is 9.89 Å². The molecule has 7 nitrogen and oxygen atoms in total. The third-order valence-electron chi connectivity index (χ3n) is 6.15. The first kappa shape index (κ1) is 19.2. The Kier molecular flexibility index (Phi) is 5.02. The largest absolute Gasteiger partial charge is 0.329 e. The number of hydrogen-bond donors (Lipinski definition) is 2. The molecule has 0 spiro atoms. The third-order valence-corrected chi connectivity index (χ3v) is 7.14. The molecule has 1 amide bonds. The van der Waals surface area contributed by atoms with Crippen LogP contribution in [0.15, 0.2) is 18.2 Å². The van der Waals surface area contributed by atoms with Crippen LogP contribution in [0.4, 0.5) is 10.9 Å². The van der Waals surface area contributed by atoms with Crippen molar-refractivity contribution in [1.82, 2.24) is 25.1 Å². The van der Waals surface area contributed by atoms with Gasteiger partial charge in [-0.25, -0.2) is 9.97 Å². The SMILES string of the molecule is Cc1nc(Nc2cccc(C3CCCN3C(=O)c3n[nH]c4c3CCCC4)n2)sc1C. The Bertz CT molecular complexity index is 1070. The van der Waals surface area contributed by atoms with Crippen molar-refractivity contribution in [2.75, 3.05) is 11.9 Å². The van der Waals surface area contributed by atoms with Gasteiger partial charge in [0.25, 0.3) is 5.91 Å². The van der Waals surface area contributed by atoms with Crippen molar-refractivity contribution in [1.29, 1.82) is 0 Å². The molecular formula is C22H26N6OS. The number of aromatic nitrogens is 4. The van der Waals surface area contributed by atoms with E-state index in [0.717, 1.165) is 78.7 Å². The molecule has 1 atom stereocenters. The summed E-state index contributed by atoms with van der Waals surface area (Å²) < 4.78 is 0. The van der Waals surface area contributed by atoms with Crippen LogP contribution in [-0.4, -0.2) is 37.5 Å². The molecule has 1 unspecified atom stereocenters. The molecule has 5 rings (SSSR count). The van der Waals surface area contributed by atoms with Gasteiger partial charge in [-0.15, -0.1) is 11.3 Å². The number of rotatable bonds is 4. The fourth-order valence-corrected chi connectivity index (χ4v) is 5.28. The van der Waals surface area contributed by atoms with Crippen LogP contribution in [0.25, 0.3) is 0 Å². The van der Waals surface area contributed by atoms with Crippen molar-refractivity contribution in [3.05, 3.63) is 51.4 Å². The summed E-state index contributed by atoms with van der Waals surface area (Å²) in [4.78, 5) is 25.9. The number of aromatic amines is 1. The summed E-state index contributed by atoms with van der Waals surface area (Å²) in [7, 11) is 0. The number of amides is 1. The lowest BCUT2D eigenvalue weighted by Gasteiger charge is -2.24. The average molecular weight is 423 g/mol. The molecular weight excluding hydrogens is 396 g/mol. The van der Waals surface area contributed by atoms with Gasteiger partial charge in [-0.1, -0.05) is 6.07 Å². The summed E-state index contributed by atoms with van der Waals surface area (Å²) in [6, 6.07) is 5.94. The molecule has 1 fully saturated rings. The van der Waals surface area contributed by atoms with Crippen LogP contribution in [0.5, 0.6) is 0 Å². The first-order chi connectivity index (χ1) is 14.6. The van der Waals surface area contributed by atoms with Crippen molar-refractivity contribution >= 4 is 28.2 Å². The van der Waals surface area contributed by atoms with E-state index in [0.29, 0.717) is 5.69 Å². The molecule has 4 heterocycles. The Morgan fingerprint density at radius 2 is 2.07 bits per heavy atom. The molecule has 3 aromatic rings. The van der Waals surface area contributed by atoms with Crippen LogP contribution in [-0.2, 0) is 12.8 Å². The number of pyridine rings is 1. The fourth-order valence-electron chi connectivity index (χ4n) is 4.45. The number of likely N-dealkylation sites (tertiary alicyclic amines) is 1. The third kappa shape index (κ3) is 3.49. The summed E-state index contributed by atoms with van der Waals surface area (Å²) in [5.74, 6) is 0.793. The molecule has 8 heteroatoms. The van der Waals surface area contributed by atoms with Gasteiger partial charge in [-0.2, -0.15) is 5.10 Å². The van der Waals surface area contributed by atoms with Crippen molar-refractivity contribution in [3.63, 3.8) is 0 Å². The summed E-state index contributed by atoms with van der Waals surface area (Å²) >= 11 is 1.63. The molecule has 0 bridgehead atoms. The van der Waals surface area contributed by atoms with Gasteiger partial charge in [-0.05, 0) is 64.5 Å². The number of carbonyl (C=O) groups is 1. The number of aryl methyl sites for hydroxylation is 3. The quantitative estimate of drug-likeness (QED) is 0.647.